The van der Waals surface area contributed by atoms with E-state index in [1.165, 1.54) is 0 Å². The minimum absolute atomic E-state index is 0.211. The van der Waals surface area contributed by atoms with Crippen molar-refractivity contribution in [1.82, 2.24) is 20.1 Å². The molecular weight excluding hydrogens is 420 g/mol. The summed E-state index contributed by atoms with van der Waals surface area (Å²) in [5.41, 5.74) is 1.51. The van der Waals surface area contributed by atoms with Gasteiger partial charge in [0.2, 0.25) is 5.91 Å². The van der Waals surface area contributed by atoms with Crippen molar-refractivity contribution in [2.24, 2.45) is 0 Å². The second kappa shape index (κ2) is 8.19. The lowest BCUT2D eigenvalue weighted by Crippen LogP contribution is -2.45. The third-order valence-corrected chi connectivity index (χ3v) is 5.56. The molecule has 4 aromatic rings. The molecule has 0 fully saturated rings. The number of carbonyl (C=O) groups is 2. The molecule has 1 unspecified atom stereocenters. The SMILES string of the molecule is CN1c2ncccc2C(=O)NC1c1cccc(NC(=O)Cn2ncc3ccccc3c2=O)c1. The predicted octanol–water partition coefficient (Wildman–Crippen LogP) is 2.31. The van der Waals surface area contributed by atoms with Gasteiger partial charge in [0.1, 0.15) is 18.5 Å². The molecule has 2 aromatic heterocycles. The fraction of sp³-hybridized carbons (Fsp3) is 0.125. The summed E-state index contributed by atoms with van der Waals surface area (Å²) in [5.74, 6) is -0.00934. The first-order chi connectivity index (χ1) is 16.0. The highest BCUT2D eigenvalue weighted by molar-refractivity contribution is 6.01. The Morgan fingerprint density at radius 1 is 1.09 bits per heavy atom. The minimum atomic E-state index is -0.443. The first kappa shape index (κ1) is 20.4. The molecule has 1 aliphatic heterocycles. The molecule has 33 heavy (non-hydrogen) atoms. The van der Waals surface area contributed by atoms with Crippen molar-refractivity contribution >= 4 is 34.1 Å². The van der Waals surface area contributed by atoms with Gasteiger partial charge in [-0.15, -0.1) is 0 Å². The zero-order valence-electron chi connectivity index (χ0n) is 17.7. The van der Waals surface area contributed by atoms with Crippen molar-refractivity contribution in [1.29, 1.82) is 0 Å². The molecule has 2 amide bonds. The molecule has 2 aromatic carbocycles. The van der Waals surface area contributed by atoms with Crippen LogP contribution in [0.15, 0.2) is 77.9 Å². The van der Waals surface area contributed by atoms with Crippen LogP contribution in [-0.2, 0) is 11.3 Å². The van der Waals surface area contributed by atoms with Crippen LogP contribution in [0, 0.1) is 0 Å². The number of aromatic nitrogens is 3. The number of amides is 2. The maximum absolute atomic E-state index is 12.6. The van der Waals surface area contributed by atoms with Crippen molar-refractivity contribution in [2.75, 3.05) is 17.3 Å². The molecule has 0 radical (unpaired) electrons. The Hall–Kier alpha value is -4.53. The number of pyridine rings is 1. The summed E-state index contributed by atoms with van der Waals surface area (Å²) >= 11 is 0. The number of nitrogens with one attached hydrogen (secondary N) is 2. The van der Waals surface area contributed by atoms with Crippen LogP contribution in [0.3, 0.4) is 0 Å². The molecule has 0 bridgehead atoms. The van der Waals surface area contributed by atoms with E-state index in [2.05, 4.69) is 20.7 Å². The van der Waals surface area contributed by atoms with Crippen LogP contribution in [0.25, 0.3) is 10.8 Å². The van der Waals surface area contributed by atoms with Gasteiger partial charge in [0.25, 0.3) is 11.5 Å². The van der Waals surface area contributed by atoms with E-state index < -0.39 is 6.17 Å². The highest BCUT2D eigenvalue weighted by Crippen LogP contribution is 2.30. The Labute approximate surface area is 188 Å². The van der Waals surface area contributed by atoms with Crippen molar-refractivity contribution in [2.45, 2.75) is 12.7 Å². The molecule has 9 nitrogen and oxygen atoms in total. The monoisotopic (exact) mass is 440 g/mol. The van der Waals surface area contributed by atoms with E-state index in [1.807, 2.05) is 24.1 Å². The smallest absolute Gasteiger partial charge is 0.275 e. The fourth-order valence-electron chi connectivity index (χ4n) is 3.95. The number of hydrogen-bond donors (Lipinski definition) is 2. The summed E-state index contributed by atoms with van der Waals surface area (Å²) in [4.78, 5) is 44.0. The van der Waals surface area contributed by atoms with Crippen LogP contribution in [0.4, 0.5) is 11.5 Å². The van der Waals surface area contributed by atoms with Crippen LogP contribution in [0.2, 0.25) is 0 Å². The van der Waals surface area contributed by atoms with Gasteiger partial charge in [-0.3, -0.25) is 14.4 Å². The zero-order chi connectivity index (χ0) is 22.9. The maximum Gasteiger partial charge on any atom is 0.275 e. The average Bonchev–Trinajstić information content (AvgIpc) is 2.83. The topological polar surface area (TPSA) is 109 Å². The molecule has 9 heteroatoms. The number of anilines is 2. The first-order valence-corrected chi connectivity index (χ1v) is 10.3. The lowest BCUT2D eigenvalue weighted by Gasteiger charge is -2.35. The van der Waals surface area contributed by atoms with E-state index in [9.17, 15) is 14.4 Å². The second-order valence-corrected chi connectivity index (χ2v) is 7.73. The minimum Gasteiger partial charge on any atom is -0.335 e. The number of fused-ring (bicyclic) bond motifs is 2. The third-order valence-electron chi connectivity index (χ3n) is 5.56. The molecular formula is C24H20N6O3. The predicted molar refractivity (Wildman–Crippen MR) is 124 cm³/mol. The van der Waals surface area contributed by atoms with Crippen LogP contribution >= 0.6 is 0 Å². The van der Waals surface area contributed by atoms with Gasteiger partial charge in [-0.25, -0.2) is 9.67 Å². The number of hydrogen-bond acceptors (Lipinski definition) is 6. The Morgan fingerprint density at radius 3 is 2.82 bits per heavy atom. The maximum atomic E-state index is 12.6. The summed E-state index contributed by atoms with van der Waals surface area (Å²) in [5, 5.41) is 11.1. The van der Waals surface area contributed by atoms with E-state index in [1.54, 1.807) is 60.9 Å². The average molecular weight is 440 g/mol. The van der Waals surface area contributed by atoms with Crippen LogP contribution in [0.1, 0.15) is 22.1 Å². The van der Waals surface area contributed by atoms with Crippen LogP contribution in [-0.4, -0.2) is 33.6 Å². The van der Waals surface area contributed by atoms with Gasteiger partial charge in [-0.05, 0) is 35.9 Å². The Bertz CT molecular complexity index is 1450. The molecule has 0 saturated carbocycles. The Morgan fingerprint density at radius 2 is 1.94 bits per heavy atom. The largest absolute Gasteiger partial charge is 0.335 e. The lowest BCUT2D eigenvalue weighted by molar-refractivity contribution is -0.117. The molecule has 1 atom stereocenters. The van der Waals surface area contributed by atoms with Crippen molar-refractivity contribution < 1.29 is 9.59 Å². The first-order valence-electron chi connectivity index (χ1n) is 10.3. The summed E-state index contributed by atoms with van der Waals surface area (Å²) in [6, 6.07) is 17.7. The molecule has 5 rings (SSSR count). The summed E-state index contributed by atoms with van der Waals surface area (Å²) in [7, 11) is 1.85. The molecule has 3 heterocycles. The molecule has 0 aliphatic carbocycles. The summed E-state index contributed by atoms with van der Waals surface area (Å²) < 4.78 is 1.14. The van der Waals surface area contributed by atoms with E-state index in [0.29, 0.717) is 22.5 Å². The molecule has 164 valence electrons. The molecule has 0 spiro atoms. The van der Waals surface area contributed by atoms with Gasteiger partial charge in [0, 0.05) is 24.3 Å². The van der Waals surface area contributed by atoms with Crippen LogP contribution < -0.4 is 21.1 Å². The van der Waals surface area contributed by atoms with Gasteiger partial charge in [0.05, 0.1) is 17.1 Å². The quantitative estimate of drug-likeness (QED) is 0.504. The number of carbonyl (C=O) groups excluding carboxylic acids is 2. The summed E-state index contributed by atoms with van der Waals surface area (Å²) in [6.07, 6.45) is 2.77. The molecule has 2 N–H and O–H groups in total. The normalized spacial score (nSPS) is 15.1. The van der Waals surface area contributed by atoms with Crippen molar-refractivity contribution in [3.63, 3.8) is 0 Å². The van der Waals surface area contributed by atoms with E-state index in [4.69, 9.17) is 0 Å². The van der Waals surface area contributed by atoms with Crippen molar-refractivity contribution in [3.05, 3.63) is 94.5 Å². The molecule has 1 aliphatic rings. The van der Waals surface area contributed by atoms with E-state index in [0.717, 1.165) is 15.6 Å². The van der Waals surface area contributed by atoms with Crippen molar-refractivity contribution in [3.8, 4) is 0 Å². The van der Waals surface area contributed by atoms with E-state index >= 15 is 0 Å². The van der Waals surface area contributed by atoms with Gasteiger partial charge in [-0.1, -0.05) is 30.3 Å². The van der Waals surface area contributed by atoms with Gasteiger partial charge < -0.3 is 15.5 Å². The van der Waals surface area contributed by atoms with Gasteiger partial charge >= 0.3 is 0 Å². The second-order valence-electron chi connectivity index (χ2n) is 7.73. The van der Waals surface area contributed by atoms with E-state index in [-0.39, 0.29) is 23.9 Å². The highest BCUT2D eigenvalue weighted by atomic mass is 16.2. The van der Waals surface area contributed by atoms with Crippen LogP contribution in [0.5, 0.6) is 0 Å². The standard InChI is InChI=1S/C24H20N6O3/c1-29-21(28-23(32)19-10-5-11-25-22(19)29)15-7-4-8-17(12-15)27-20(31)14-30-24(33)18-9-3-2-6-16(18)13-26-30/h2-13,21H,14H2,1H3,(H,27,31)(H,28,32). The fourth-order valence-corrected chi connectivity index (χ4v) is 3.95. The lowest BCUT2D eigenvalue weighted by atomic mass is 10.1. The Kier molecular flexibility index (Phi) is 5.06. The number of nitrogens with zero attached hydrogens (tertiary/aromatic N) is 4. The summed E-state index contributed by atoms with van der Waals surface area (Å²) in [6.45, 7) is -0.217. The third kappa shape index (κ3) is 3.80. The van der Waals surface area contributed by atoms with Gasteiger partial charge in [-0.2, -0.15) is 5.10 Å². The molecule has 0 saturated heterocycles. The van der Waals surface area contributed by atoms with Gasteiger partial charge in [0.15, 0.2) is 0 Å². The Balaban J connectivity index is 1.35. The zero-order valence-corrected chi connectivity index (χ0v) is 17.7. The number of rotatable bonds is 4. The highest BCUT2D eigenvalue weighted by Gasteiger charge is 2.30. The number of benzene rings is 2.